The average Bonchev–Trinajstić information content (AvgIpc) is 3.21. The minimum Gasteiger partial charge on any atom is -0.370 e. The number of para-hydroxylation sites is 2. The SMILES string of the molecule is O=C(Cn1[nH]c(=O)c2ccccc2c1=O)Nc1ccccc1N1CCCC1. The van der Waals surface area contributed by atoms with Crippen molar-refractivity contribution in [2.45, 2.75) is 19.4 Å². The zero-order valence-corrected chi connectivity index (χ0v) is 14.8. The fourth-order valence-electron chi connectivity index (χ4n) is 3.50. The van der Waals surface area contributed by atoms with Gasteiger partial charge in [0.1, 0.15) is 6.54 Å². The van der Waals surface area contributed by atoms with Gasteiger partial charge >= 0.3 is 0 Å². The third kappa shape index (κ3) is 3.36. The van der Waals surface area contributed by atoms with Gasteiger partial charge in [0, 0.05) is 13.1 Å². The van der Waals surface area contributed by atoms with Crippen molar-refractivity contribution in [1.29, 1.82) is 0 Å². The van der Waals surface area contributed by atoms with Gasteiger partial charge in [-0.05, 0) is 37.1 Å². The highest BCUT2D eigenvalue weighted by atomic mass is 16.2. The van der Waals surface area contributed by atoms with Gasteiger partial charge in [0.15, 0.2) is 0 Å². The summed E-state index contributed by atoms with van der Waals surface area (Å²) < 4.78 is 1.05. The van der Waals surface area contributed by atoms with E-state index in [0.29, 0.717) is 16.5 Å². The van der Waals surface area contributed by atoms with Gasteiger partial charge in [-0.2, -0.15) is 0 Å². The number of hydrogen-bond donors (Lipinski definition) is 2. The van der Waals surface area contributed by atoms with Crippen LogP contribution >= 0.6 is 0 Å². The molecule has 0 aliphatic carbocycles. The Hall–Kier alpha value is -3.35. The van der Waals surface area contributed by atoms with Crippen molar-refractivity contribution in [3.05, 3.63) is 69.2 Å². The summed E-state index contributed by atoms with van der Waals surface area (Å²) in [5.41, 5.74) is 0.895. The van der Waals surface area contributed by atoms with E-state index in [4.69, 9.17) is 0 Å². The summed E-state index contributed by atoms with van der Waals surface area (Å²) in [4.78, 5) is 39.5. The molecule has 1 fully saturated rings. The van der Waals surface area contributed by atoms with Gasteiger partial charge in [-0.1, -0.05) is 24.3 Å². The molecule has 138 valence electrons. The van der Waals surface area contributed by atoms with Gasteiger partial charge in [0.2, 0.25) is 5.91 Å². The number of rotatable bonds is 4. The van der Waals surface area contributed by atoms with E-state index >= 15 is 0 Å². The van der Waals surface area contributed by atoms with E-state index in [2.05, 4.69) is 15.3 Å². The third-order valence-corrected chi connectivity index (χ3v) is 4.81. The number of anilines is 2. The largest absolute Gasteiger partial charge is 0.370 e. The number of amides is 1. The number of carbonyl (C=O) groups excluding carboxylic acids is 1. The Balaban J connectivity index is 1.59. The maximum atomic E-state index is 12.5. The Morgan fingerprint density at radius 2 is 1.63 bits per heavy atom. The van der Waals surface area contributed by atoms with Crippen molar-refractivity contribution in [1.82, 2.24) is 9.78 Å². The smallest absolute Gasteiger partial charge is 0.273 e. The molecule has 1 amide bonds. The predicted molar refractivity (Wildman–Crippen MR) is 105 cm³/mol. The molecule has 0 unspecified atom stereocenters. The molecule has 0 atom stereocenters. The van der Waals surface area contributed by atoms with Gasteiger partial charge in [0.25, 0.3) is 11.1 Å². The molecule has 2 heterocycles. The van der Waals surface area contributed by atoms with Crippen LogP contribution in [0.4, 0.5) is 11.4 Å². The molecule has 7 nitrogen and oxygen atoms in total. The lowest BCUT2D eigenvalue weighted by Crippen LogP contribution is -2.34. The molecule has 1 aliphatic rings. The second kappa shape index (κ2) is 7.11. The van der Waals surface area contributed by atoms with E-state index < -0.39 is 11.1 Å². The molecule has 3 aromatic rings. The van der Waals surface area contributed by atoms with Crippen LogP contribution < -0.4 is 21.3 Å². The predicted octanol–water partition coefficient (Wildman–Crippen LogP) is 1.93. The fraction of sp³-hybridized carbons (Fsp3) is 0.250. The zero-order chi connectivity index (χ0) is 18.8. The molecule has 0 saturated carbocycles. The number of H-pyrrole nitrogens is 1. The summed E-state index contributed by atoms with van der Waals surface area (Å²) in [6.07, 6.45) is 2.27. The summed E-state index contributed by atoms with van der Waals surface area (Å²) in [5, 5.41) is 5.97. The highest BCUT2D eigenvalue weighted by Crippen LogP contribution is 2.28. The number of carbonyl (C=O) groups is 1. The lowest BCUT2D eigenvalue weighted by atomic mass is 10.2. The van der Waals surface area contributed by atoms with Gasteiger partial charge < -0.3 is 10.2 Å². The molecule has 2 N–H and O–H groups in total. The summed E-state index contributed by atoms with van der Waals surface area (Å²) in [7, 11) is 0. The Bertz CT molecular complexity index is 1110. The van der Waals surface area contributed by atoms with Crippen LogP contribution in [0.3, 0.4) is 0 Å². The highest BCUT2D eigenvalue weighted by molar-refractivity contribution is 5.94. The third-order valence-electron chi connectivity index (χ3n) is 4.81. The van der Waals surface area contributed by atoms with Gasteiger partial charge in [-0.15, -0.1) is 0 Å². The molecule has 1 saturated heterocycles. The van der Waals surface area contributed by atoms with E-state index in [1.54, 1.807) is 24.3 Å². The van der Waals surface area contributed by atoms with Crippen LogP contribution in [-0.4, -0.2) is 28.8 Å². The summed E-state index contributed by atoms with van der Waals surface area (Å²) in [6.45, 7) is 1.67. The molecule has 27 heavy (non-hydrogen) atoms. The first-order chi connectivity index (χ1) is 13.1. The lowest BCUT2D eigenvalue weighted by Gasteiger charge is -2.21. The fourth-order valence-corrected chi connectivity index (χ4v) is 3.50. The second-order valence-corrected chi connectivity index (χ2v) is 6.64. The minimum absolute atomic E-state index is 0.257. The standard InChI is InChI=1S/C20H20N4O3/c25-18(21-16-9-3-4-10-17(16)23-11-5-6-12-23)13-24-20(27)15-8-2-1-7-14(15)19(26)22-24/h1-4,7-10H,5-6,11-13H2,(H,21,25)(H,22,26). The highest BCUT2D eigenvalue weighted by Gasteiger charge is 2.17. The van der Waals surface area contributed by atoms with Crippen LogP contribution in [0, 0.1) is 0 Å². The van der Waals surface area contributed by atoms with Gasteiger partial charge in [-0.3, -0.25) is 19.5 Å². The lowest BCUT2D eigenvalue weighted by molar-refractivity contribution is -0.117. The maximum Gasteiger partial charge on any atom is 0.273 e. The molecule has 7 heteroatoms. The van der Waals surface area contributed by atoms with Gasteiger partial charge in [0.05, 0.1) is 22.1 Å². The van der Waals surface area contributed by atoms with E-state index in [9.17, 15) is 14.4 Å². The molecule has 4 rings (SSSR count). The first kappa shape index (κ1) is 17.1. The first-order valence-electron chi connectivity index (χ1n) is 8.99. The maximum absolute atomic E-state index is 12.5. The Kier molecular flexibility index (Phi) is 4.50. The van der Waals surface area contributed by atoms with Crippen LogP contribution in [0.1, 0.15) is 12.8 Å². The summed E-state index contributed by atoms with van der Waals surface area (Å²) >= 11 is 0. The van der Waals surface area contributed by atoms with Crippen LogP contribution in [0.25, 0.3) is 10.8 Å². The molecule has 0 bridgehead atoms. The molecule has 1 aromatic heterocycles. The van der Waals surface area contributed by atoms with Crippen molar-refractivity contribution in [3.8, 4) is 0 Å². The van der Waals surface area contributed by atoms with E-state index in [0.717, 1.165) is 36.3 Å². The molecule has 2 aromatic carbocycles. The Labute approximate surface area is 155 Å². The topological polar surface area (TPSA) is 87.2 Å². The van der Waals surface area contributed by atoms with Crippen LogP contribution in [0.15, 0.2) is 58.1 Å². The molecule has 1 aliphatic heterocycles. The molecule has 0 spiro atoms. The van der Waals surface area contributed by atoms with Crippen molar-refractivity contribution < 1.29 is 4.79 Å². The van der Waals surface area contributed by atoms with Crippen LogP contribution in [0.2, 0.25) is 0 Å². The first-order valence-corrected chi connectivity index (χ1v) is 8.99. The van der Waals surface area contributed by atoms with Crippen molar-refractivity contribution in [3.63, 3.8) is 0 Å². The number of nitrogens with zero attached hydrogens (tertiary/aromatic N) is 2. The van der Waals surface area contributed by atoms with Crippen LogP contribution in [-0.2, 0) is 11.3 Å². The summed E-state index contributed by atoms with van der Waals surface area (Å²) in [6, 6.07) is 14.2. The van der Waals surface area contributed by atoms with Crippen LogP contribution in [0.5, 0.6) is 0 Å². The van der Waals surface area contributed by atoms with E-state index in [1.807, 2.05) is 24.3 Å². The number of aromatic amines is 1. The second-order valence-electron chi connectivity index (χ2n) is 6.64. The number of fused-ring (bicyclic) bond motifs is 1. The van der Waals surface area contributed by atoms with E-state index in [1.165, 1.54) is 0 Å². The van der Waals surface area contributed by atoms with Gasteiger partial charge in [-0.25, -0.2) is 4.68 Å². The quantitative estimate of drug-likeness (QED) is 0.741. The van der Waals surface area contributed by atoms with Crippen molar-refractivity contribution in [2.75, 3.05) is 23.3 Å². The van der Waals surface area contributed by atoms with E-state index in [-0.39, 0.29) is 12.5 Å². The Morgan fingerprint density at radius 1 is 0.963 bits per heavy atom. The number of aromatic nitrogens is 2. The van der Waals surface area contributed by atoms with Crippen molar-refractivity contribution >= 4 is 28.1 Å². The monoisotopic (exact) mass is 364 g/mol. The molecular formula is C20H20N4O3. The molecular weight excluding hydrogens is 344 g/mol. The van der Waals surface area contributed by atoms with Crippen molar-refractivity contribution in [2.24, 2.45) is 0 Å². The Morgan fingerprint density at radius 3 is 2.41 bits per heavy atom. The number of hydrogen-bond acceptors (Lipinski definition) is 4. The zero-order valence-electron chi connectivity index (χ0n) is 14.8. The summed E-state index contributed by atoms with van der Waals surface area (Å²) in [5.74, 6) is -0.366. The number of nitrogens with one attached hydrogen (secondary N) is 2. The minimum atomic E-state index is -0.395. The average molecular weight is 364 g/mol. The number of benzene rings is 2. The normalized spacial score (nSPS) is 13.9. The molecule has 0 radical (unpaired) electrons.